The molecule has 1 heterocycles. The molecule has 0 radical (unpaired) electrons. The van der Waals surface area contributed by atoms with Crippen LogP contribution in [0.2, 0.25) is 0 Å². The van der Waals surface area contributed by atoms with Gasteiger partial charge < -0.3 is 10.6 Å². The topological polar surface area (TPSA) is 75.3 Å². The molecule has 1 amide bonds. The number of carbonyl (C=O) groups is 1. The Morgan fingerprint density at radius 3 is 2.32 bits per heavy atom. The summed E-state index contributed by atoms with van der Waals surface area (Å²) in [6, 6.07) is 8.76. The molecule has 1 aliphatic heterocycles. The number of nitrogens with one attached hydrogen (secondary N) is 2. The second kappa shape index (κ2) is 9.40. The van der Waals surface area contributed by atoms with Crippen LogP contribution >= 0.6 is 0 Å². The third kappa shape index (κ3) is 5.80. The number of hydrogen-bond acceptors (Lipinski definition) is 4. The monoisotopic (exact) mass is 406 g/mol. The second-order valence-corrected chi connectivity index (χ2v) is 11.0. The summed E-state index contributed by atoms with van der Waals surface area (Å²) in [7, 11) is -2.98. The third-order valence-electron chi connectivity index (χ3n) is 6.12. The van der Waals surface area contributed by atoms with Crippen molar-refractivity contribution in [1.29, 1.82) is 0 Å². The van der Waals surface area contributed by atoms with Gasteiger partial charge in [-0.3, -0.25) is 4.79 Å². The minimum absolute atomic E-state index is 0.0645. The van der Waals surface area contributed by atoms with Crippen molar-refractivity contribution in [1.82, 2.24) is 10.6 Å². The summed E-state index contributed by atoms with van der Waals surface area (Å²) in [5.74, 6) is 1.15. The molecule has 3 rings (SSSR count). The lowest BCUT2D eigenvalue weighted by Gasteiger charge is -2.25. The van der Waals surface area contributed by atoms with E-state index >= 15 is 0 Å². The van der Waals surface area contributed by atoms with Crippen LogP contribution < -0.4 is 10.6 Å². The molecule has 5 nitrogen and oxygen atoms in total. The fourth-order valence-electron chi connectivity index (χ4n) is 4.54. The molecular formula is C22H34N2O3S. The van der Waals surface area contributed by atoms with Crippen molar-refractivity contribution < 1.29 is 13.2 Å². The molecule has 2 atom stereocenters. The van der Waals surface area contributed by atoms with E-state index in [9.17, 15) is 13.2 Å². The maximum absolute atomic E-state index is 12.3. The summed E-state index contributed by atoms with van der Waals surface area (Å²) in [6.45, 7) is 4.49. The minimum atomic E-state index is -2.98. The van der Waals surface area contributed by atoms with Crippen LogP contribution in [0, 0.1) is 5.92 Å². The molecule has 156 valence electrons. The lowest BCUT2D eigenvalue weighted by Crippen LogP contribution is -2.42. The van der Waals surface area contributed by atoms with Gasteiger partial charge in [-0.05, 0) is 42.2 Å². The third-order valence-corrected chi connectivity index (χ3v) is 7.89. The summed E-state index contributed by atoms with van der Waals surface area (Å²) < 4.78 is 23.1. The van der Waals surface area contributed by atoms with Gasteiger partial charge in [0.2, 0.25) is 5.91 Å². The average molecular weight is 407 g/mol. The van der Waals surface area contributed by atoms with E-state index in [-0.39, 0.29) is 36.0 Å². The summed E-state index contributed by atoms with van der Waals surface area (Å²) in [5, 5.41) is 6.22. The zero-order valence-electron chi connectivity index (χ0n) is 17.1. The Hall–Kier alpha value is -1.40. The maximum Gasteiger partial charge on any atom is 0.234 e. The molecule has 1 saturated carbocycles. The Balaban J connectivity index is 1.55. The maximum atomic E-state index is 12.3. The predicted octanol–water partition coefficient (Wildman–Crippen LogP) is 3.32. The van der Waals surface area contributed by atoms with E-state index in [4.69, 9.17) is 0 Å². The van der Waals surface area contributed by atoms with Crippen molar-refractivity contribution in [2.75, 3.05) is 18.1 Å². The highest BCUT2D eigenvalue weighted by atomic mass is 32.2. The quantitative estimate of drug-likeness (QED) is 0.728. The fraction of sp³-hybridized carbons (Fsp3) is 0.682. The molecule has 0 spiro atoms. The van der Waals surface area contributed by atoms with Crippen LogP contribution in [-0.2, 0) is 14.6 Å². The molecule has 0 aromatic heterocycles. The molecule has 2 N–H and O–H groups in total. The molecule has 2 aliphatic rings. The van der Waals surface area contributed by atoms with Gasteiger partial charge in [0.1, 0.15) is 0 Å². The molecule has 0 unspecified atom stereocenters. The van der Waals surface area contributed by atoms with Crippen LogP contribution in [0.1, 0.15) is 75.5 Å². The van der Waals surface area contributed by atoms with Crippen molar-refractivity contribution in [3.63, 3.8) is 0 Å². The van der Waals surface area contributed by atoms with E-state index in [2.05, 4.69) is 48.7 Å². The highest BCUT2D eigenvalue weighted by molar-refractivity contribution is 7.91. The van der Waals surface area contributed by atoms with Crippen LogP contribution in [0.4, 0.5) is 0 Å². The highest BCUT2D eigenvalue weighted by Gasteiger charge is 2.29. The molecule has 1 aromatic rings. The number of benzene rings is 1. The van der Waals surface area contributed by atoms with Gasteiger partial charge in [-0.2, -0.15) is 0 Å². The molecular weight excluding hydrogens is 372 g/mol. The van der Waals surface area contributed by atoms with Gasteiger partial charge >= 0.3 is 0 Å². The van der Waals surface area contributed by atoms with Crippen LogP contribution in [0.25, 0.3) is 0 Å². The molecule has 6 heteroatoms. The van der Waals surface area contributed by atoms with Crippen LogP contribution in [0.5, 0.6) is 0 Å². The number of amides is 1. The van der Waals surface area contributed by atoms with E-state index in [1.807, 2.05) is 0 Å². The first kappa shape index (κ1) is 21.3. The SMILES string of the molecule is CC(C)[C@@H](NCC(=O)N[C@H]1CCS(=O)(=O)C1)c1ccc(C2CCCCC2)cc1. The number of hydrogen-bond donors (Lipinski definition) is 2. The smallest absolute Gasteiger partial charge is 0.234 e. The first-order valence-electron chi connectivity index (χ1n) is 10.7. The van der Waals surface area contributed by atoms with E-state index in [1.54, 1.807) is 0 Å². The molecule has 2 fully saturated rings. The van der Waals surface area contributed by atoms with Gasteiger partial charge in [0.25, 0.3) is 0 Å². The van der Waals surface area contributed by atoms with Crippen molar-refractivity contribution in [2.45, 2.75) is 70.4 Å². The minimum Gasteiger partial charge on any atom is -0.351 e. The first-order valence-corrected chi connectivity index (χ1v) is 12.5. The number of rotatable bonds is 7. The molecule has 1 saturated heterocycles. The molecule has 1 aliphatic carbocycles. The van der Waals surface area contributed by atoms with Gasteiger partial charge in [-0.1, -0.05) is 57.4 Å². The van der Waals surface area contributed by atoms with Crippen molar-refractivity contribution in [3.05, 3.63) is 35.4 Å². The van der Waals surface area contributed by atoms with Crippen molar-refractivity contribution in [2.24, 2.45) is 5.92 Å². The lowest BCUT2D eigenvalue weighted by atomic mass is 9.83. The van der Waals surface area contributed by atoms with Crippen LogP contribution in [-0.4, -0.2) is 38.4 Å². The first-order chi connectivity index (χ1) is 13.3. The van der Waals surface area contributed by atoms with Gasteiger partial charge in [0.05, 0.1) is 18.1 Å². The lowest BCUT2D eigenvalue weighted by molar-refractivity contribution is -0.121. The summed E-state index contributed by atoms with van der Waals surface area (Å²) >= 11 is 0. The number of sulfone groups is 1. The van der Waals surface area contributed by atoms with Gasteiger partial charge in [-0.25, -0.2) is 8.42 Å². The van der Waals surface area contributed by atoms with E-state index in [0.29, 0.717) is 18.3 Å². The summed E-state index contributed by atoms with van der Waals surface area (Å²) in [6.07, 6.45) is 7.14. The normalized spacial score (nSPS) is 23.6. The molecule has 1 aromatic carbocycles. The highest BCUT2D eigenvalue weighted by Crippen LogP contribution is 2.33. The van der Waals surface area contributed by atoms with E-state index in [0.717, 1.165) is 0 Å². The van der Waals surface area contributed by atoms with E-state index in [1.165, 1.54) is 43.2 Å². The second-order valence-electron chi connectivity index (χ2n) is 8.77. The zero-order valence-corrected chi connectivity index (χ0v) is 17.9. The standard InChI is InChI=1S/C22H34N2O3S/c1-16(2)22(23-14-21(25)24-20-12-13-28(26,27)15-20)19-10-8-18(9-11-19)17-6-4-3-5-7-17/h8-11,16-17,20,22-23H,3-7,12-15H2,1-2H3,(H,24,25)/t20-,22+/m0/s1. The largest absolute Gasteiger partial charge is 0.351 e. The summed E-state index contributed by atoms with van der Waals surface area (Å²) in [4.78, 5) is 12.3. The Kier molecular flexibility index (Phi) is 7.15. The summed E-state index contributed by atoms with van der Waals surface area (Å²) in [5.41, 5.74) is 2.64. The van der Waals surface area contributed by atoms with Gasteiger partial charge in [-0.15, -0.1) is 0 Å². The Morgan fingerprint density at radius 1 is 1.07 bits per heavy atom. The van der Waals surface area contributed by atoms with E-state index < -0.39 is 9.84 Å². The van der Waals surface area contributed by atoms with Crippen molar-refractivity contribution >= 4 is 15.7 Å². The predicted molar refractivity (Wildman–Crippen MR) is 113 cm³/mol. The Bertz CT molecular complexity index is 752. The van der Waals surface area contributed by atoms with Crippen LogP contribution in [0.3, 0.4) is 0 Å². The average Bonchev–Trinajstić information content (AvgIpc) is 3.01. The fourth-order valence-corrected chi connectivity index (χ4v) is 6.21. The zero-order chi connectivity index (χ0) is 20.1. The molecule has 0 bridgehead atoms. The van der Waals surface area contributed by atoms with Crippen molar-refractivity contribution in [3.8, 4) is 0 Å². The van der Waals surface area contributed by atoms with Gasteiger partial charge in [0.15, 0.2) is 9.84 Å². The van der Waals surface area contributed by atoms with Crippen LogP contribution in [0.15, 0.2) is 24.3 Å². The van der Waals surface area contributed by atoms with Gasteiger partial charge in [0, 0.05) is 12.1 Å². The molecule has 28 heavy (non-hydrogen) atoms. The number of carbonyl (C=O) groups excluding carboxylic acids is 1. The Morgan fingerprint density at radius 2 is 1.75 bits per heavy atom. The Labute approximate surface area is 169 Å².